The Bertz CT molecular complexity index is 164. The number of rotatable bonds is 3. The third-order valence-electron chi connectivity index (χ3n) is 2.56. The predicted octanol–water partition coefficient (Wildman–Crippen LogP) is 3.55. The summed E-state index contributed by atoms with van der Waals surface area (Å²) < 4.78 is 0. The van der Waals surface area contributed by atoms with Crippen LogP contribution in [0.15, 0.2) is 12.2 Å². The molecule has 0 aromatic carbocycles. The molecule has 0 bridgehead atoms. The molecule has 1 nitrogen and oxygen atoms in total. The number of allylic oxidation sites excluding steroid dienone is 2. The van der Waals surface area contributed by atoms with E-state index in [0.717, 1.165) is 5.92 Å². The molecule has 0 aromatic heterocycles. The van der Waals surface area contributed by atoms with Crippen LogP contribution in [0.3, 0.4) is 0 Å². The summed E-state index contributed by atoms with van der Waals surface area (Å²) in [6.07, 6.45) is 12.4. The molecule has 0 heterocycles. The van der Waals surface area contributed by atoms with Gasteiger partial charge < -0.3 is 5.41 Å². The first-order valence-corrected chi connectivity index (χ1v) is 5.01. The van der Waals surface area contributed by atoms with E-state index >= 15 is 0 Å². The smallest absolute Gasteiger partial charge is 0.0279 e. The standard InChI is InChI=1S/C11H19N/c1-10(12)6-5-9-11-7-3-2-4-8-11/h5-6,11-12H,2-4,7-9H2,1H3/b6-5-,12-10?. The highest BCUT2D eigenvalue weighted by Gasteiger charge is 2.10. The summed E-state index contributed by atoms with van der Waals surface area (Å²) in [5.74, 6) is 0.911. The van der Waals surface area contributed by atoms with Gasteiger partial charge in [-0.05, 0) is 25.3 Å². The van der Waals surface area contributed by atoms with Crippen LogP contribution < -0.4 is 0 Å². The molecule has 68 valence electrons. The molecule has 0 atom stereocenters. The van der Waals surface area contributed by atoms with E-state index in [1.807, 2.05) is 13.0 Å². The molecule has 0 amide bonds. The molecule has 1 saturated carbocycles. The zero-order valence-electron chi connectivity index (χ0n) is 7.97. The van der Waals surface area contributed by atoms with Gasteiger partial charge in [-0.1, -0.05) is 38.2 Å². The summed E-state index contributed by atoms with van der Waals surface area (Å²) in [4.78, 5) is 0. The van der Waals surface area contributed by atoms with Gasteiger partial charge in [0.2, 0.25) is 0 Å². The van der Waals surface area contributed by atoms with Crippen molar-refractivity contribution in [2.45, 2.75) is 45.4 Å². The molecule has 0 spiro atoms. The lowest BCUT2D eigenvalue weighted by Crippen LogP contribution is -2.04. The Balaban J connectivity index is 2.17. The highest BCUT2D eigenvalue weighted by Crippen LogP contribution is 2.26. The van der Waals surface area contributed by atoms with Crippen LogP contribution in [0.25, 0.3) is 0 Å². The molecule has 1 fully saturated rings. The molecular formula is C11H19N. The second-order valence-corrected chi connectivity index (χ2v) is 3.83. The third kappa shape index (κ3) is 3.70. The summed E-state index contributed by atoms with van der Waals surface area (Å²) in [7, 11) is 0. The Morgan fingerprint density at radius 3 is 2.58 bits per heavy atom. The second-order valence-electron chi connectivity index (χ2n) is 3.83. The van der Waals surface area contributed by atoms with Crippen molar-refractivity contribution in [2.24, 2.45) is 5.92 Å². The van der Waals surface area contributed by atoms with Crippen LogP contribution in [-0.2, 0) is 0 Å². The van der Waals surface area contributed by atoms with Crippen molar-refractivity contribution in [3.63, 3.8) is 0 Å². The minimum absolute atomic E-state index is 0.672. The Morgan fingerprint density at radius 1 is 1.33 bits per heavy atom. The Hall–Kier alpha value is -0.590. The minimum Gasteiger partial charge on any atom is -0.306 e. The van der Waals surface area contributed by atoms with E-state index in [9.17, 15) is 0 Å². The predicted molar refractivity (Wildman–Crippen MR) is 53.7 cm³/mol. The van der Waals surface area contributed by atoms with Crippen LogP contribution in [-0.4, -0.2) is 5.71 Å². The minimum atomic E-state index is 0.672. The molecule has 12 heavy (non-hydrogen) atoms. The average Bonchev–Trinajstić information content (AvgIpc) is 2.05. The molecule has 1 rings (SSSR count). The maximum absolute atomic E-state index is 7.22. The first-order chi connectivity index (χ1) is 5.79. The van der Waals surface area contributed by atoms with E-state index in [-0.39, 0.29) is 0 Å². The first kappa shape index (κ1) is 9.50. The van der Waals surface area contributed by atoms with Gasteiger partial charge in [-0.15, -0.1) is 0 Å². The van der Waals surface area contributed by atoms with Crippen molar-refractivity contribution >= 4 is 5.71 Å². The third-order valence-corrected chi connectivity index (χ3v) is 2.56. The maximum atomic E-state index is 7.22. The maximum Gasteiger partial charge on any atom is 0.0279 e. The van der Waals surface area contributed by atoms with Crippen LogP contribution in [0.2, 0.25) is 0 Å². The monoisotopic (exact) mass is 165 g/mol. The fourth-order valence-electron chi connectivity index (χ4n) is 1.86. The molecule has 0 radical (unpaired) electrons. The Kier molecular flexibility index (Phi) is 4.06. The molecule has 1 aliphatic carbocycles. The van der Waals surface area contributed by atoms with Gasteiger partial charge in [0.1, 0.15) is 0 Å². The molecule has 1 N–H and O–H groups in total. The number of hydrogen-bond donors (Lipinski definition) is 1. The molecular weight excluding hydrogens is 146 g/mol. The van der Waals surface area contributed by atoms with Gasteiger partial charge >= 0.3 is 0 Å². The van der Waals surface area contributed by atoms with Gasteiger partial charge in [-0.3, -0.25) is 0 Å². The van der Waals surface area contributed by atoms with Crippen molar-refractivity contribution in [3.8, 4) is 0 Å². The lowest BCUT2D eigenvalue weighted by Gasteiger charge is -2.19. The summed E-state index contributed by atoms with van der Waals surface area (Å²) in [5.41, 5.74) is 0.672. The Morgan fingerprint density at radius 2 is 2.00 bits per heavy atom. The lowest BCUT2D eigenvalue weighted by molar-refractivity contribution is 0.361. The van der Waals surface area contributed by atoms with Crippen molar-refractivity contribution < 1.29 is 0 Å². The topological polar surface area (TPSA) is 23.9 Å². The highest BCUT2D eigenvalue weighted by molar-refractivity contribution is 5.89. The summed E-state index contributed by atoms with van der Waals surface area (Å²) in [6.45, 7) is 1.83. The zero-order valence-corrected chi connectivity index (χ0v) is 7.97. The van der Waals surface area contributed by atoms with E-state index in [2.05, 4.69) is 6.08 Å². The van der Waals surface area contributed by atoms with Crippen LogP contribution >= 0.6 is 0 Å². The molecule has 1 aliphatic rings. The SMILES string of the molecule is CC(=N)/C=C\CC1CCCCC1. The number of hydrogen-bond acceptors (Lipinski definition) is 1. The van der Waals surface area contributed by atoms with Gasteiger partial charge in [0, 0.05) is 5.71 Å². The van der Waals surface area contributed by atoms with Crippen molar-refractivity contribution in [2.75, 3.05) is 0 Å². The fraction of sp³-hybridized carbons (Fsp3) is 0.727. The molecule has 1 heteroatoms. The van der Waals surface area contributed by atoms with Gasteiger partial charge in [0.15, 0.2) is 0 Å². The number of nitrogens with one attached hydrogen (secondary N) is 1. The molecule has 0 aromatic rings. The van der Waals surface area contributed by atoms with Crippen LogP contribution in [0, 0.1) is 11.3 Å². The van der Waals surface area contributed by atoms with E-state index in [1.54, 1.807) is 0 Å². The van der Waals surface area contributed by atoms with E-state index in [0.29, 0.717) is 5.71 Å². The summed E-state index contributed by atoms with van der Waals surface area (Å²) in [5, 5.41) is 7.22. The second kappa shape index (κ2) is 5.13. The summed E-state index contributed by atoms with van der Waals surface area (Å²) >= 11 is 0. The first-order valence-electron chi connectivity index (χ1n) is 5.01. The molecule has 0 unspecified atom stereocenters. The lowest BCUT2D eigenvalue weighted by atomic mass is 9.87. The van der Waals surface area contributed by atoms with Crippen molar-refractivity contribution in [3.05, 3.63) is 12.2 Å². The average molecular weight is 165 g/mol. The fourth-order valence-corrected chi connectivity index (χ4v) is 1.86. The van der Waals surface area contributed by atoms with E-state index in [1.165, 1.54) is 38.5 Å². The van der Waals surface area contributed by atoms with Crippen molar-refractivity contribution in [1.29, 1.82) is 5.41 Å². The normalized spacial score (nSPS) is 20.1. The Labute approximate surface area is 75.4 Å². The van der Waals surface area contributed by atoms with Gasteiger partial charge in [0.05, 0.1) is 0 Å². The quantitative estimate of drug-likeness (QED) is 0.618. The highest BCUT2D eigenvalue weighted by atomic mass is 14.4. The van der Waals surface area contributed by atoms with Crippen LogP contribution in [0.4, 0.5) is 0 Å². The van der Waals surface area contributed by atoms with Crippen molar-refractivity contribution in [1.82, 2.24) is 0 Å². The molecule has 0 aliphatic heterocycles. The van der Waals surface area contributed by atoms with Gasteiger partial charge in [0.25, 0.3) is 0 Å². The van der Waals surface area contributed by atoms with E-state index in [4.69, 9.17) is 5.41 Å². The van der Waals surface area contributed by atoms with Gasteiger partial charge in [-0.25, -0.2) is 0 Å². The summed E-state index contributed by atoms with van der Waals surface area (Å²) in [6, 6.07) is 0. The van der Waals surface area contributed by atoms with Crippen LogP contribution in [0.5, 0.6) is 0 Å². The van der Waals surface area contributed by atoms with Crippen LogP contribution in [0.1, 0.15) is 45.4 Å². The van der Waals surface area contributed by atoms with E-state index < -0.39 is 0 Å². The molecule has 0 saturated heterocycles. The zero-order chi connectivity index (χ0) is 8.81. The van der Waals surface area contributed by atoms with Gasteiger partial charge in [-0.2, -0.15) is 0 Å². The largest absolute Gasteiger partial charge is 0.306 e.